The Hall–Kier alpha value is -3.41. The Balaban J connectivity index is 1.37. The molecule has 6 heteroatoms. The van der Waals surface area contributed by atoms with Crippen molar-refractivity contribution in [1.82, 2.24) is 20.4 Å². The molecule has 6 nitrogen and oxygen atoms in total. The van der Waals surface area contributed by atoms with E-state index in [0.717, 1.165) is 22.9 Å². The topological polar surface area (TPSA) is 83.8 Å². The Bertz CT molecular complexity index is 1020. The van der Waals surface area contributed by atoms with E-state index in [2.05, 4.69) is 20.4 Å². The normalized spacial score (nSPS) is 10.9. The van der Waals surface area contributed by atoms with Crippen LogP contribution < -0.4 is 5.32 Å². The number of aromatic nitrogens is 3. The standard InChI is InChI=1S/C20H18N4O2/c25-19(21-11-10-14-6-2-1-3-7-14)20-23-18(24-26-20)12-15-13-22-17-9-5-4-8-16(15)17/h1-9,13,22H,10-12H2,(H,21,25). The van der Waals surface area contributed by atoms with Gasteiger partial charge >= 0.3 is 11.8 Å². The molecule has 2 aromatic carbocycles. The molecule has 0 saturated heterocycles. The van der Waals surface area contributed by atoms with Gasteiger partial charge in [-0.1, -0.05) is 53.7 Å². The summed E-state index contributed by atoms with van der Waals surface area (Å²) in [5.41, 5.74) is 3.29. The minimum Gasteiger partial charge on any atom is -0.361 e. The number of rotatable bonds is 6. The van der Waals surface area contributed by atoms with E-state index in [1.807, 2.05) is 60.8 Å². The van der Waals surface area contributed by atoms with Gasteiger partial charge in [0.25, 0.3) is 0 Å². The first-order valence-electron chi connectivity index (χ1n) is 8.49. The van der Waals surface area contributed by atoms with Crippen molar-refractivity contribution in [3.63, 3.8) is 0 Å². The highest BCUT2D eigenvalue weighted by Crippen LogP contribution is 2.19. The molecule has 0 radical (unpaired) electrons. The molecule has 0 aliphatic carbocycles. The molecule has 4 aromatic rings. The molecule has 4 rings (SSSR count). The number of nitrogens with zero attached hydrogens (tertiary/aromatic N) is 2. The fourth-order valence-corrected chi connectivity index (χ4v) is 2.91. The highest BCUT2D eigenvalue weighted by Gasteiger charge is 2.16. The van der Waals surface area contributed by atoms with Gasteiger partial charge in [-0.25, -0.2) is 0 Å². The van der Waals surface area contributed by atoms with Crippen molar-refractivity contribution in [2.75, 3.05) is 6.54 Å². The smallest absolute Gasteiger partial charge is 0.315 e. The first kappa shape index (κ1) is 16.1. The van der Waals surface area contributed by atoms with Gasteiger partial charge in [0.1, 0.15) is 0 Å². The molecule has 0 spiro atoms. The summed E-state index contributed by atoms with van der Waals surface area (Å²) in [5, 5.41) is 7.85. The minimum atomic E-state index is -0.349. The summed E-state index contributed by atoms with van der Waals surface area (Å²) >= 11 is 0. The molecule has 2 N–H and O–H groups in total. The van der Waals surface area contributed by atoms with Gasteiger partial charge in [0.2, 0.25) is 0 Å². The maximum absolute atomic E-state index is 12.1. The van der Waals surface area contributed by atoms with E-state index in [9.17, 15) is 4.79 Å². The third-order valence-electron chi connectivity index (χ3n) is 4.23. The number of hydrogen-bond acceptors (Lipinski definition) is 4. The number of amides is 1. The van der Waals surface area contributed by atoms with Crippen LogP contribution in [0, 0.1) is 0 Å². The van der Waals surface area contributed by atoms with Gasteiger partial charge in [-0.3, -0.25) is 4.79 Å². The quantitative estimate of drug-likeness (QED) is 0.562. The highest BCUT2D eigenvalue weighted by molar-refractivity contribution is 5.89. The second kappa shape index (κ2) is 7.23. The molecule has 130 valence electrons. The summed E-state index contributed by atoms with van der Waals surface area (Å²) in [7, 11) is 0. The van der Waals surface area contributed by atoms with E-state index in [-0.39, 0.29) is 11.8 Å². The first-order valence-corrected chi connectivity index (χ1v) is 8.49. The van der Waals surface area contributed by atoms with Gasteiger partial charge in [-0.15, -0.1) is 0 Å². The van der Waals surface area contributed by atoms with Gasteiger partial charge in [0.05, 0.1) is 0 Å². The van der Waals surface area contributed by atoms with Gasteiger partial charge in [-0.2, -0.15) is 4.98 Å². The number of nitrogens with one attached hydrogen (secondary N) is 2. The van der Waals surface area contributed by atoms with E-state index in [1.165, 1.54) is 5.56 Å². The maximum atomic E-state index is 12.1. The van der Waals surface area contributed by atoms with Gasteiger partial charge < -0.3 is 14.8 Å². The van der Waals surface area contributed by atoms with Crippen LogP contribution in [0.25, 0.3) is 10.9 Å². The lowest BCUT2D eigenvalue weighted by atomic mass is 10.1. The zero-order valence-electron chi connectivity index (χ0n) is 14.1. The SMILES string of the molecule is O=C(NCCc1ccccc1)c1nc(Cc2c[nH]c3ccccc23)no1. The van der Waals surface area contributed by atoms with Crippen molar-refractivity contribution < 1.29 is 9.32 Å². The first-order chi connectivity index (χ1) is 12.8. The predicted molar refractivity (Wildman–Crippen MR) is 97.9 cm³/mol. The van der Waals surface area contributed by atoms with Gasteiger partial charge in [-0.05, 0) is 23.6 Å². The third-order valence-corrected chi connectivity index (χ3v) is 4.23. The van der Waals surface area contributed by atoms with E-state index in [0.29, 0.717) is 18.8 Å². The van der Waals surface area contributed by atoms with E-state index in [1.54, 1.807) is 0 Å². The lowest BCUT2D eigenvalue weighted by Gasteiger charge is -2.02. The van der Waals surface area contributed by atoms with E-state index in [4.69, 9.17) is 4.52 Å². The number of carbonyl (C=O) groups excluding carboxylic acids is 1. The zero-order valence-corrected chi connectivity index (χ0v) is 14.1. The van der Waals surface area contributed by atoms with Crippen LogP contribution in [0.2, 0.25) is 0 Å². The molecule has 0 unspecified atom stereocenters. The van der Waals surface area contributed by atoms with Crippen molar-refractivity contribution >= 4 is 16.8 Å². The molecule has 0 saturated carbocycles. The number of para-hydroxylation sites is 1. The van der Waals surface area contributed by atoms with Crippen LogP contribution in [0.1, 0.15) is 27.6 Å². The number of benzene rings is 2. The number of H-pyrrole nitrogens is 1. The molecule has 1 amide bonds. The average Bonchev–Trinajstić information content (AvgIpc) is 3.31. The van der Waals surface area contributed by atoms with Crippen LogP contribution in [0.15, 0.2) is 65.3 Å². The Morgan fingerprint density at radius 1 is 1.08 bits per heavy atom. The summed E-state index contributed by atoms with van der Waals surface area (Å²) in [5.74, 6) is 0.134. The van der Waals surface area contributed by atoms with Crippen molar-refractivity contribution in [2.24, 2.45) is 0 Å². The summed E-state index contributed by atoms with van der Waals surface area (Å²) < 4.78 is 5.11. The van der Waals surface area contributed by atoms with Gasteiger partial charge in [0, 0.05) is 30.1 Å². The second-order valence-corrected chi connectivity index (χ2v) is 6.04. The number of hydrogen-bond donors (Lipinski definition) is 2. The van der Waals surface area contributed by atoms with Crippen molar-refractivity contribution in [3.8, 4) is 0 Å². The Kier molecular flexibility index (Phi) is 4.47. The number of fused-ring (bicyclic) bond motifs is 1. The fourth-order valence-electron chi connectivity index (χ4n) is 2.91. The van der Waals surface area contributed by atoms with Crippen LogP contribution in [-0.4, -0.2) is 27.6 Å². The monoisotopic (exact) mass is 346 g/mol. The fraction of sp³-hybridized carbons (Fsp3) is 0.150. The summed E-state index contributed by atoms with van der Waals surface area (Å²) in [6, 6.07) is 18.0. The Morgan fingerprint density at radius 2 is 1.88 bits per heavy atom. The van der Waals surface area contributed by atoms with Crippen molar-refractivity contribution in [1.29, 1.82) is 0 Å². The number of carbonyl (C=O) groups is 1. The molecule has 2 aromatic heterocycles. The molecule has 0 bridgehead atoms. The molecular weight excluding hydrogens is 328 g/mol. The molecule has 0 atom stereocenters. The summed E-state index contributed by atoms with van der Waals surface area (Å²) in [6.45, 7) is 0.517. The molecule has 0 fully saturated rings. The molecule has 26 heavy (non-hydrogen) atoms. The molecular formula is C20H18N4O2. The largest absolute Gasteiger partial charge is 0.361 e. The lowest BCUT2D eigenvalue weighted by molar-refractivity contribution is 0.0910. The highest BCUT2D eigenvalue weighted by atomic mass is 16.5. The van der Waals surface area contributed by atoms with E-state index >= 15 is 0 Å². The summed E-state index contributed by atoms with van der Waals surface area (Å²) in [4.78, 5) is 19.6. The van der Waals surface area contributed by atoms with E-state index < -0.39 is 0 Å². The maximum Gasteiger partial charge on any atom is 0.315 e. The van der Waals surface area contributed by atoms with Crippen LogP contribution >= 0.6 is 0 Å². The third kappa shape index (κ3) is 3.49. The Labute approximate surface area is 150 Å². The number of aromatic amines is 1. The van der Waals surface area contributed by atoms with Crippen LogP contribution in [0.3, 0.4) is 0 Å². The minimum absolute atomic E-state index is 0.00657. The molecule has 2 heterocycles. The summed E-state index contributed by atoms with van der Waals surface area (Å²) in [6.07, 6.45) is 3.19. The average molecular weight is 346 g/mol. The van der Waals surface area contributed by atoms with Crippen LogP contribution in [0.4, 0.5) is 0 Å². The molecule has 0 aliphatic rings. The lowest BCUT2D eigenvalue weighted by Crippen LogP contribution is -2.26. The van der Waals surface area contributed by atoms with Gasteiger partial charge in [0.15, 0.2) is 5.82 Å². The predicted octanol–water partition coefficient (Wildman–Crippen LogP) is 3.11. The van der Waals surface area contributed by atoms with Crippen molar-refractivity contribution in [2.45, 2.75) is 12.8 Å². The second-order valence-electron chi connectivity index (χ2n) is 6.04. The molecule has 0 aliphatic heterocycles. The van der Waals surface area contributed by atoms with Crippen LogP contribution in [0.5, 0.6) is 0 Å². The van der Waals surface area contributed by atoms with Crippen LogP contribution in [-0.2, 0) is 12.8 Å². The zero-order chi connectivity index (χ0) is 17.8. The Morgan fingerprint density at radius 3 is 2.77 bits per heavy atom. The van der Waals surface area contributed by atoms with Crippen molar-refractivity contribution in [3.05, 3.63) is 83.6 Å².